The molecule has 2 heterocycles. The molecule has 110 valence electrons. The minimum Gasteiger partial charge on any atom is -0.485 e. The number of ether oxygens (including phenoxy) is 1. The lowest BCUT2D eigenvalue weighted by atomic mass is 10.1. The van der Waals surface area contributed by atoms with Crippen molar-refractivity contribution in [2.75, 3.05) is 25.5 Å². The third-order valence-electron chi connectivity index (χ3n) is 3.61. The van der Waals surface area contributed by atoms with Gasteiger partial charge in [-0.05, 0) is 31.2 Å². The highest BCUT2D eigenvalue weighted by Crippen LogP contribution is 2.28. The lowest BCUT2D eigenvalue weighted by Gasteiger charge is -2.20. The third-order valence-corrected chi connectivity index (χ3v) is 3.61. The van der Waals surface area contributed by atoms with Crippen molar-refractivity contribution in [2.24, 2.45) is 0 Å². The number of aryl methyl sites for hydroxylation is 1. The van der Waals surface area contributed by atoms with Crippen LogP contribution in [-0.4, -0.2) is 26.2 Å². The van der Waals surface area contributed by atoms with Crippen molar-refractivity contribution in [3.8, 4) is 5.75 Å². The molecule has 5 nitrogen and oxygen atoms in total. The maximum Gasteiger partial charge on any atom is 0.359 e. The normalized spacial score (nSPS) is 17.9. The van der Waals surface area contributed by atoms with Gasteiger partial charge in [0.15, 0.2) is 0 Å². The van der Waals surface area contributed by atoms with E-state index in [0.717, 1.165) is 29.8 Å². The Morgan fingerprint density at radius 2 is 2.29 bits per heavy atom. The van der Waals surface area contributed by atoms with E-state index in [2.05, 4.69) is 10.6 Å². The Hall–Kier alpha value is -2.27. The summed E-state index contributed by atoms with van der Waals surface area (Å²) in [6.07, 6.45) is 4.09. The number of nitrogens with one attached hydrogen (secondary N) is 2. The molecular formula is C16H18N2O3. The van der Waals surface area contributed by atoms with Crippen molar-refractivity contribution < 1.29 is 9.15 Å². The van der Waals surface area contributed by atoms with Gasteiger partial charge in [-0.15, -0.1) is 0 Å². The number of anilines is 1. The average Bonchev–Trinajstić information content (AvgIpc) is 2.51. The second-order valence-electron chi connectivity index (χ2n) is 5.05. The second kappa shape index (κ2) is 5.61. The highest BCUT2D eigenvalue weighted by Gasteiger charge is 2.14. The average molecular weight is 286 g/mol. The fourth-order valence-corrected chi connectivity index (χ4v) is 2.45. The molecule has 0 bridgehead atoms. The van der Waals surface area contributed by atoms with Crippen molar-refractivity contribution in [3.05, 3.63) is 46.3 Å². The van der Waals surface area contributed by atoms with Crippen LogP contribution in [-0.2, 0) is 0 Å². The number of hydrogen-bond acceptors (Lipinski definition) is 5. The van der Waals surface area contributed by atoms with Crippen molar-refractivity contribution in [2.45, 2.75) is 13.0 Å². The third kappa shape index (κ3) is 2.64. The number of rotatable bonds is 3. The van der Waals surface area contributed by atoms with Crippen molar-refractivity contribution in [3.63, 3.8) is 0 Å². The predicted octanol–water partition coefficient (Wildman–Crippen LogP) is 2.05. The Morgan fingerprint density at radius 1 is 1.43 bits per heavy atom. The molecule has 1 aromatic heterocycles. The van der Waals surface area contributed by atoms with E-state index >= 15 is 0 Å². The summed E-state index contributed by atoms with van der Waals surface area (Å²) in [6, 6.07) is 5.61. The molecule has 0 amide bonds. The summed E-state index contributed by atoms with van der Waals surface area (Å²) in [6.45, 7) is 3.55. The fourth-order valence-electron chi connectivity index (χ4n) is 2.45. The minimum absolute atomic E-state index is 0.00166. The highest BCUT2D eigenvalue weighted by molar-refractivity contribution is 5.84. The first kappa shape index (κ1) is 13.7. The smallest absolute Gasteiger partial charge is 0.359 e. The molecule has 21 heavy (non-hydrogen) atoms. The summed E-state index contributed by atoms with van der Waals surface area (Å²) < 4.78 is 11.4. The van der Waals surface area contributed by atoms with Crippen LogP contribution in [0.2, 0.25) is 0 Å². The first-order valence-corrected chi connectivity index (χ1v) is 6.98. The molecule has 0 aliphatic carbocycles. The molecule has 0 radical (unpaired) electrons. The van der Waals surface area contributed by atoms with Crippen LogP contribution in [0.3, 0.4) is 0 Å². The molecule has 1 aliphatic rings. The van der Waals surface area contributed by atoms with Crippen LogP contribution in [0.15, 0.2) is 39.6 Å². The number of hydrogen-bond donors (Lipinski definition) is 2. The summed E-state index contributed by atoms with van der Waals surface area (Å²) in [5, 5.41) is 6.95. The van der Waals surface area contributed by atoms with E-state index < -0.39 is 0 Å². The molecule has 1 aliphatic heterocycles. The van der Waals surface area contributed by atoms with Crippen LogP contribution >= 0.6 is 0 Å². The zero-order valence-electron chi connectivity index (χ0n) is 12.1. The van der Waals surface area contributed by atoms with Crippen LogP contribution in [0.5, 0.6) is 5.75 Å². The van der Waals surface area contributed by atoms with Crippen LogP contribution in [0, 0.1) is 6.92 Å². The van der Waals surface area contributed by atoms with E-state index in [0.29, 0.717) is 11.3 Å². The van der Waals surface area contributed by atoms with E-state index in [1.807, 2.05) is 31.2 Å². The van der Waals surface area contributed by atoms with Crippen LogP contribution < -0.4 is 21.0 Å². The van der Waals surface area contributed by atoms with Gasteiger partial charge < -0.3 is 19.8 Å². The van der Waals surface area contributed by atoms with Crippen molar-refractivity contribution >= 4 is 16.7 Å². The molecule has 1 aromatic carbocycles. The van der Waals surface area contributed by atoms with Gasteiger partial charge in [-0.1, -0.05) is 6.08 Å². The van der Waals surface area contributed by atoms with Crippen molar-refractivity contribution in [1.29, 1.82) is 0 Å². The second-order valence-corrected chi connectivity index (χ2v) is 5.05. The molecule has 0 spiro atoms. The predicted molar refractivity (Wildman–Crippen MR) is 83.2 cm³/mol. The van der Waals surface area contributed by atoms with E-state index in [1.54, 1.807) is 13.1 Å². The molecule has 2 aromatic rings. The van der Waals surface area contributed by atoms with E-state index in [4.69, 9.17) is 9.15 Å². The Labute approximate surface area is 122 Å². The van der Waals surface area contributed by atoms with Gasteiger partial charge in [-0.2, -0.15) is 0 Å². The van der Waals surface area contributed by atoms with Gasteiger partial charge in [0.05, 0.1) is 0 Å². The summed E-state index contributed by atoms with van der Waals surface area (Å²) in [5.41, 5.74) is 1.50. The van der Waals surface area contributed by atoms with Gasteiger partial charge in [0.2, 0.25) is 0 Å². The molecule has 2 N–H and O–H groups in total. The largest absolute Gasteiger partial charge is 0.485 e. The monoisotopic (exact) mass is 286 g/mol. The maximum atomic E-state index is 11.8. The topological polar surface area (TPSA) is 63.5 Å². The molecule has 0 fully saturated rings. The molecule has 1 atom stereocenters. The van der Waals surface area contributed by atoms with Gasteiger partial charge in [-0.3, -0.25) is 0 Å². The summed E-state index contributed by atoms with van der Waals surface area (Å²) in [4.78, 5) is 11.8. The van der Waals surface area contributed by atoms with Crippen LogP contribution in [0.25, 0.3) is 11.0 Å². The fraction of sp³-hybridized carbons (Fsp3) is 0.312. The molecular weight excluding hydrogens is 268 g/mol. The quantitative estimate of drug-likeness (QED) is 0.668. The highest BCUT2D eigenvalue weighted by atomic mass is 16.5. The molecule has 5 heteroatoms. The van der Waals surface area contributed by atoms with Gasteiger partial charge in [0.25, 0.3) is 0 Å². The lowest BCUT2D eigenvalue weighted by Crippen LogP contribution is -2.33. The number of fused-ring (bicyclic) bond motifs is 1. The Kier molecular flexibility index (Phi) is 3.66. The zero-order chi connectivity index (χ0) is 14.8. The molecule has 0 saturated heterocycles. The lowest BCUT2D eigenvalue weighted by molar-refractivity contribution is 0.239. The van der Waals surface area contributed by atoms with E-state index in [9.17, 15) is 4.79 Å². The summed E-state index contributed by atoms with van der Waals surface area (Å²) >= 11 is 0. The first-order valence-electron chi connectivity index (χ1n) is 6.98. The standard InChI is InChI=1S/C16H18N2O3/c1-10-14(20-12-4-3-7-18-9-12)6-5-11-8-13(17-2)16(19)21-15(10)11/h3-6,8,12,17-18H,7,9H2,1-2H3. The molecule has 1 unspecified atom stereocenters. The Bertz CT molecular complexity index is 749. The van der Waals surface area contributed by atoms with Gasteiger partial charge >= 0.3 is 5.63 Å². The van der Waals surface area contributed by atoms with Gasteiger partial charge in [0, 0.05) is 31.1 Å². The number of benzene rings is 1. The molecule has 3 rings (SSSR count). The summed E-state index contributed by atoms with van der Waals surface area (Å²) in [7, 11) is 1.70. The summed E-state index contributed by atoms with van der Waals surface area (Å²) in [5.74, 6) is 0.737. The van der Waals surface area contributed by atoms with E-state index in [1.165, 1.54) is 0 Å². The Balaban J connectivity index is 2.01. The van der Waals surface area contributed by atoms with Gasteiger partial charge in [-0.25, -0.2) is 4.79 Å². The molecule has 0 saturated carbocycles. The first-order chi connectivity index (χ1) is 10.2. The minimum atomic E-state index is -0.371. The van der Waals surface area contributed by atoms with Gasteiger partial charge in [0.1, 0.15) is 23.1 Å². The maximum absolute atomic E-state index is 11.8. The van der Waals surface area contributed by atoms with Crippen molar-refractivity contribution in [1.82, 2.24) is 5.32 Å². The Morgan fingerprint density at radius 3 is 3.00 bits per heavy atom. The van der Waals surface area contributed by atoms with Crippen LogP contribution in [0.1, 0.15) is 5.56 Å². The SMILES string of the molecule is CNc1cc2ccc(OC3C=CCNC3)c(C)c2oc1=O. The van der Waals surface area contributed by atoms with Crippen LogP contribution in [0.4, 0.5) is 5.69 Å². The zero-order valence-corrected chi connectivity index (χ0v) is 12.1. The van der Waals surface area contributed by atoms with E-state index in [-0.39, 0.29) is 11.7 Å².